The van der Waals surface area contributed by atoms with Crippen LogP contribution in [0.25, 0.3) is 0 Å². The molecule has 0 radical (unpaired) electrons. The number of carbonyl (C=O) groups excluding carboxylic acids is 1. The Labute approximate surface area is 262 Å². The van der Waals surface area contributed by atoms with Crippen molar-refractivity contribution in [3.8, 4) is 0 Å². The van der Waals surface area contributed by atoms with E-state index in [4.69, 9.17) is 0 Å². The van der Waals surface area contributed by atoms with E-state index in [1.54, 1.807) is 22.6 Å². The molecule has 1 saturated carbocycles. The van der Waals surface area contributed by atoms with Gasteiger partial charge in [0.15, 0.2) is 0 Å². The number of carbonyl (C=O) groups is 1. The molecule has 10 heteroatoms. The van der Waals surface area contributed by atoms with E-state index in [-0.39, 0.29) is 40.5 Å². The van der Waals surface area contributed by atoms with Crippen molar-refractivity contribution in [3.63, 3.8) is 0 Å². The van der Waals surface area contributed by atoms with Crippen molar-refractivity contribution in [2.24, 2.45) is 5.92 Å². The van der Waals surface area contributed by atoms with Gasteiger partial charge in [0.25, 0.3) is 5.91 Å². The fourth-order valence-electron chi connectivity index (χ4n) is 8.01. The van der Waals surface area contributed by atoms with Crippen molar-refractivity contribution in [1.29, 1.82) is 0 Å². The molecule has 3 saturated heterocycles. The molecule has 4 aliphatic rings. The Kier molecular flexibility index (Phi) is 8.91. The highest BCUT2D eigenvalue weighted by molar-refractivity contribution is 7.90. The normalized spacial score (nSPS) is 25.2. The van der Waals surface area contributed by atoms with Gasteiger partial charge in [0.2, 0.25) is 10.0 Å². The molecule has 1 aromatic carbocycles. The molecule has 2 atom stereocenters. The van der Waals surface area contributed by atoms with E-state index in [0.717, 1.165) is 93.6 Å². The van der Waals surface area contributed by atoms with E-state index in [9.17, 15) is 17.6 Å². The standard InChI is InChI=1S/C34H48FN5O3S/c1-24-10-15-36-26(3)31(24)33(41)37-18-13-34(4,14-19-37)38-20-21-40(25(2)23-38)32(28-6-5-7-29(35)22-28)27-11-16-39(17-12-27)44(42,43)30-8-9-30/h5-7,10,15,22,25,27,30,32H,8-9,11-14,16-21,23H2,1-4H3/t25-,32?/m0/s1. The Morgan fingerprint density at radius 3 is 2.32 bits per heavy atom. The second-order valence-corrected chi connectivity index (χ2v) is 16.1. The van der Waals surface area contributed by atoms with Crippen LogP contribution in [0, 0.1) is 25.6 Å². The molecule has 4 heterocycles. The predicted octanol–water partition coefficient (Wildman–Crippen LogP) is 4.78. The first-order valence-electron chi connectivity index (χ1n) is 16.4. The number of hydrogen-bond acceptors (Lipinski definition) is 6. The van der Waals surface area contributed by atoms with Crippen molar-refractivity contribution < 1.29 is 17.6 Å². The topological polar surface area (TPSA) is 77.1 Å². The number of aromatic nitrogens is 1. The maximum Gasteiger partial charge on any atom is 0.255 e. The average molecular weight is 626 g/mol. The zero-order valence-electron chi connectivity index (χ0n) is 26.7. The second-order valence-electron chi connectivity index (χ2n) is 13.9. The zero-order chi connectivity index (χ0) is 31.2. The summed E-state index contributed by atoms with van der Waals surface area (Å²) in [4.78, 5) is 24.9. The number of hydrogen-bond donors (Lipinski definition) is 0. The maximum absolute atomic E-state index is 14.5. The third kappa shape index (κ3) is 6.19. The van der Waals surface area contributed by atoms with Crippen LogP contribution in [0.5, 0.6) is 0 Å². The molecule has 3 aliphatic heterocycles. The van der Waals surface area contributed by atoms with Crippen molar-refractivity contribution >= 4 is 15.9 Å². The number of benzene rings is 1. The third-order valence-electron chi connectivity index (χ3n) is 10.9. The summed E-state index contributed by atoms with van der Waals surface area (Å²) in [6, 6.07) is 9.23. The van der Waals surface area contributed by atoms with Gasteiger partial charge >= 0.3 is 0 Å². The van der Waals surface area contributed by atoms with Crippen molar-refractivity contribution in [1.82, 2.24) is 24.0 Å². The smallest absolute Gasteiger partial charge is 0.255 e. The minimum absolute atomic E-state index is 0.00696. The molecule has 1 unspecified atom stereocenters. The predicted molar refractivity (Wildman–Crippen MR) is 170 cm³/mol. The average Bonchev–Trinajstić information content (AvgIpc) is 3.85. The van der Waals surface area contributed by atoms with E-state index in [1.807, 2.05) is 30.9 Å². The van der Waals surface area contributed by atoms with Gasteiger partial charge in [0, 0.05) is 69.6 Å². The zero-order valence-corrected chi connectivity index (χ0v) is 27.5. The lowest BCUT2D eigenvalue weighted by Gasteiger charge is -2.54. The van der Waals surface area contributed by atoms with Gasteiger partial charge in [-0.1, -0.05) is 12.1 Å². The first-order valence-corrected chi connectivity index (χ1v) is 17.9. The maximum atomic E-state index is 14.5. The summed E-state index contributed by atoms with van der Waals surface area (Å²) in [7, 11) is -3.18. The summed E-state index contributed by atoms with van der Waals surface area (Å²) in [5, 5.41) is -0.180. The van der Waals surface area contributed by atoms with Gasteiger partial charge in [-0.15, -0.1) is 0 Å². The quantitative estimate of drug-likeness (QED) is 0.441. The molecule has 240 valence electrons. The minimum atomic E-state index is -3.18. The lowest BCUT2D eigenvalue weighted by molar-refractivity contribution is -0.0422. The Hall–Kier alpha value is -2.40. The number of likely N-dealkylation sites (tertiary alicyclic amines) is 1. The number of piperazine rings is 1. The highest BCUT2D eigenvalue weighted by Gasteiger charge is 2.45. The molecular formula is C34H48FN5O3S. The minimum Gasteiger partial charge on any atom is -0.338 e. The SMILES string of the molecule is Cc1ccnc(C)c1C(=O)N1CCC(C)(N2CCN(C(c3cccc(F)c3)C3CCN(S(=O)(=O)C4CC4)CC3)[C@@H](C)C2)CC1. The molecule has 44 heavy (non-hydrogen) atoms. The summed E-state index contributed by atoms with van der Waals surface area (Å²) in [5.41, 5.74) is 3.50. The number of amides is 1. The number of rotatable bonds is 7. The monoisotopic (exact) mass is 625 g/mol. The van der Waals surface area contributed by atoms with Crippen LogP contribution in [0.15, 0.2) is 36.5 Å². The molecule has 0 spiro atoms. The molecule has 1 aromatic heterocycles. The van der Waals surface area contributed by atoms with Crippen LogP contribution in [0.1, 0.15) is 85.6 Å². The fraction of sp³-hybridized carbons (Fsp3) is 0.647. The van der Waals surface area contributed by atoms with Gasteiger partial charge in [-0.05, 0) is 101 Å². The fourth-order valence-corrected chi connectivity index (χ4v) is 9.88. The van der Waals surface area contributed by atoms with E-state index < -0.39 is 10.0 Å². The molecule has 2 aromatic rings. The first-order chi connectivity index (χ1) is 21.0. The van der Waals surface area contributed by atoms with Gasteiger partial charge < -0.3 is 4.90 Å². The van der Waals surface area contributed by atoms with Crippen LogP contribution in [-0.2, 0) is 10.0 Å². The van der Waals surface area contributed by atoms with Crippen molar-refractivity contribution in [3.05, 3.63) is 64.7 Å². The molecule has 6 rings (SSSR count). The summed E-state index contributed by atoms with van der Waals surface area (Å²) in [6.45, 7) is 13.8. The lowest BCUT2D eigenvalue weighted by Crippen LogP contribution is -2.63. The Balaban J connectivity index is 1.12. The van der Waals surface area contributed by atoms with E-state index in [2.05, 4.69) is 28.6 Å². The number of halogens is 1. The van der Waals surface area contributed by atoms with Crippen LogP contribution in [0.3, 0.4) is 0 Å². The number of nitrogens with zero attached hydrogens (tertiary/aromatic N) is 5. The molecule has 0 bridgehead atoms. The number of aryl methyl sites for hydroxylation is 2. The highest BCUT2D eigenvalue weighted by Crippen LogP contribution is 2.41. The Morgan fingerprint density at radius 2 is 1.70 bits per heavy atom. The van der Waals surface area contributed by atoms with Crippen LogP contribution in [0.2, 0.25) is 0 Å². The lowest BCUT2D eigenvalue weighted by atomic mass is 9.82. The molecule has 4 fully saturated rings. The summed E-state index contributed by atoms with van der Waals surface area (Å²) in [5.74, 6) is 0.126. The van der Waals surface area contributed by atoms with Crippen LogP contribution >= 0.6 is 0 Å². The van der Waals surface area contributed by atoms with E-state index >= 15 is 0 Å². The summed E-state index contributed by atoms with van der Waals surface area (Å²) >= 11 is 0. The van der Waals surface area contributed by atoms with E-state index in [0.29, 0.717) is 13.1 Å². The molecule has 8 nitrogen and oxygen atoms in total. The van der Waals surface area contributed by atoms with E-state index in [1.165, 1.54) is 6.07 Å². The van der Waals surface area contributed by atoms with Gasteiger partial charge in [-0.3, -0.25) is 19.6 Å². The summed E-state index contributed by atoms with van der Waals surface area (Å²) in [6.07, 6.45) is 6.75. The van der Waals surface area contributed by atoms with Gasteiger partial charge in [0.1, 0.15) is 5.82 Å². The number of sulfonamides is 1. The molecular weight excluding hydrogens is 577 g/mol. The van der Waals surface area contributed by atoms with Gasteiger partial charge in [0.05, 0.1) is 16.5 Å². The van der Waals surface area contributed by atoms with Crippen LogP contribution in [-0.4, -0.2) is 101 Å². The molecule has 1 aliphatic carbocycles. The largest absolute Gasteiger partial charge is 0.338 e. The number of pyridine rings is 1. The Bertz CT molecular complexity index is 1440. The van der Waals surface area contributed by atoms with Crippen molar-refractivity contribution in [2.75, 3.05) is 45.8 Å². The van der Waals surface area contributed by atoms with Crippen molar-refractivity contribution in [2.45, 2.75) is 89.1 Å². The van der Waals surface area contributed by atoms with Crippen LogP contribution in [0.4, 0.5) is 4.39 Å². The van der Waals surface area contributed by atoms with Crippen LogP contribution < -0.4 is 0 Å². The Morgan fingerprint density at radius 1 is 1.00 bits per heavy atom. The highest BCUT2D eigenvalue weighted by atomic mass is 32.2. The van der Waals surface area contributed by atoms with Gasteiger partial charge in [-0.2, -0.15) is 0 Å². The third-order valence-corrected chi connectivity index (χ3v) is 13.3. The first kappa shape index (κ1) is 31.6. The number of piperidine rings is 2. The molecule has 1 amide bonds. The summed E-state index contributed by atoms with van der Waals surface area (Å²) < 4.78 is 42.0. The second kappa shape index (κ2) is 12.4. The molecule has 0 N–H and O–H groups in total. The van der Waals surface area contributed by atoms with Gasteiger partial charge in [-0.25, -0.2) is 17.1 Å².